The van der Waals surface area contributed by atoms with Gasteiger partial charge in [-0.05, 0) is 38.5 Å². The van der Waals surface area contributed by atoms with E-state index in [0.29, 0.717) is 12.6 Å². The summed E-state index contributed by atoms with van der Waals surface area (Å²) in [5, 5.41) is 2.94. The summed E-state index contributed by atoms with van der Waals surface area (Å²) in [4.78, 5) is 16.4. The Labute approximate surface area is 132 Å². The number of piperazine rings is 1. The number of carbonyl (C=O) groups is 1. The molecule has 1 aromatic carbocycles. The molecule has 1 fully saturated rings. The zero-order valence-electron chi connectivity index (χ0n) is 13.7. The highest BCUT2D eigenvalue weighted by Crippen LogP contribution is 2.13. The van der Waals surface area contributed by atoms with Gasteiger partial charge in [0.15, 0.2) is 0 Å². The van der Waals surface area contributed by atoms with Gasteiger partial charge in [-0.25, -0.2) is 4.39 Å². The van der Waals surface area contributed by atoms with Gasteiger partial charge in [-0.2, -0.15) is 0 Å². The van der Waals surface area contributed by atoms with Gasteiger partial charge in [-0.3, -0.25) is 14.6 Å². The zero-order chi connectivity index (χ0) is 16.1. The van der Waals surface area contributed by atoms with Gasteiger partial charge in [0.05, 0.1) is 6.54 Å². The lowest BCUT2D eigenvalue weighted by Crippen LogP contribution is -2.54. The van der Waals surface area contributed by atoms with Gasteiger partial charge in [-0.1, -0.05) is 12.1 Å². The van der Waals surface area contributed by atoms with E-state index in [0.717, 1.165) is 31.7 Å². The fraction of sp³-hybridized carbons (Fsp3) is 0.588. The summed E-state index contributed by atoms with van der Waals surface area (Å²) in [6.07, 6.45) is 0. The zero-order valence-corrected chi connectivity index (χ0v) is 13.7. The van der Waals surface area contributed by atoms with Crippen LogP contribution in [-0.2, 0) is 11.3 Å². The van der Waals surface area contributed by atoms with Crippen LogP contribution in [-0.4, -0.2) is 54.0 Å². The van der Waals surface area contributed by atoms with E-state index in [1.807, 2.05) is 26.0 Å². The van der Waals surface area contributed by atoms with Crippen LogP contribution in [0.25, 0.3) is 0 Å². The molecular weight excluding hydrogens is 281 g/mol. The van der Waals surface area contributed by atoms with E-state index >= 15 is 0 Å². The van der Waals surface area contributed by atoms with E-state index in [1.54, 1.807) is 0 Å². The van der Waals surface area contributed by atoms with Gasteiger partial charge in [0.25, 0.3) is 0 Å². The van der Waals surface area contributed by atoms with Crippen molar-refractivity contribution in [2.75, 3.05) is 26.2 Å². The van der Waals surface area contributed by atoms with Crippen molar-refractivity contribution in [1.29, 1.82) is 0 Å². The summed E-state index contributed by atoms with van der Waals surface area (Å²) in [6.45, 7) is 10.1. The third-order valence-corrected chi connectivity index (χ3v) is 3.97. The molecule has 1 heterocycles. The van der Waals surface area contributed by atoms with E-state index in [2.05, 4.69) is 22.0 Å². The first kappa shape index (κ1) is 16.9. The Morgan fingerprint density at radius 1 is 1.32 bits per heavy atom. The quantitative estimate of drug-likeness (QED) is 0.902. The van der Waals surface area contributed by atoms with E-state index in [-0.39, 0.29) is 17.8 Å². The van der Waals surface area contributed by atoms with E-state index in [1.165, 1.54) is 12.1 Å². The normalized spacial score (nSPS) is 20.3. The van der Waals surface area contributed by atoms with Gasteiger partial charge in [0.2, 0.25) is 5.91 Å². The molecule has 22 heavy (non-hydrogen) atoms. The highest BCUT2D eigenvalue weighted by molar-refractivity contribution is 5.78. The Kier molecular flexibility index (Phi) is 5.91. The van der Waals surface area contributed by atoms with Crippen LogP contribution in [0.3, 0.4) is 0 Å². The lowest BCUT2D eigenvalue weighted by atomic mass is 10.1. The topological polar surface area (TPSA) is 35.6 Å². The number of nitrogens with zero attached hydrogens (tertiary/aromatic N) is 2. The number of nitrogens with one attached hydrogen (secondary N) is 1. The second kappa shape index (κ2) is 7.70. The Morgan fingerprint density at radius 2 is 2.00 bits per heavy atom. The van der Waals surface area contributed by atoms with Gasteiger partial charge < -0.3 is 5.32 Å². The molecule has 2 rings (SSSR count). The molecule has 5 heteroatoms. The number of hydrogen-bond acceptors (Lipinski definition) is 3. The maximum atomic E-state index is 12.9. The summed E-state index contributed by atoms with van der Waals surface area (Å²) >= 11 is 0. The predicted molar refractivity (Wildman–Crippen MR) is 86.0 cm³/mol. The standard InChI is InChI=1S/C17H26FN3O/c1-13(2)19-17(22)12-21-9-8-20(10-14(21)3)11-15-4-6-16(18)7-5-15/h4-7,13-14H,8-12H2,1-3H3,(H,19,22)/t14-/m1/s1. The van der Waals surface area contributed by atoms with Crippen LogP contribution in [0.5, 0.6) is 0 Å². The average molecular weight is 307 g/mol. The smallest absolute Gasteiger partial charge is 0.234 e. The third kappa shape index (κ3) is 5.07. The molecule has 1 amide bonds. The van der Waals surface area contributed by atoms with Crippen molar-refractivity contribution >= 4 is 5.91 Å². The maximum Gasteiger partial charge on any atom is 0.234 e. The molecule has 122 valence electrons. The van der Waals surface area contributed by atoms with Crippen LogP contribution in [0.4, 0.5) is 4.39 Å². The number of amides is 1. The summed E-state index contributed by atoms with van der Waals surface area (Å²) in [5.41, 5.74) is 1.12. The van der Waals surface area contributed by atoms with Crippen LogP contribution in [0.1, 0.15) is 26.3 Å². The van der Waals surface area contributed by atoms with Gasteiger partial charge in [-0.15, -0.1) is 0 Å². The highest BCUT2D eigenvalue weighted by atomic mass is 19.1. The van der Waals surface area contributed by atoms with Crippen molar-refractivity contribution in [1.82, 2.24) is 15.1 Å². The van der Waals surface area contributed by atoms with E-state index < -0.39 is 0 Å². The predicted octanol–water partition coefficient (Wildman–Crippen LogP) is 1.86. The summed E-state index contributed by atoms with van der Waals surface area (Å²) in [5.74, 6) is -0.105. The van der Waals surface area contributed by atoms with Crippen molar-refractivity contribution in [3.05, 3.63) is 35.6 Å². The number of rotatable bonds is 5. The molecule has 4 nitrogen and oxygen atoms in total. The molecule has 1 aromatic rings. The van der Waals surface area contributed by atoms with Crippen LogP contribution >= 0.6 is 0 Å². The Morgan fingerprint density at radius 3 is 2.59 bits per heavy atom. The third-order valence-electron chi connectivity index (χ3n) is 3.97. The van der Waals surface area contributed by atoms with Crippen molar-refractivity contribution in [3.8, 4) is 0 Å². The molecule has 0 aromatic heterocycles. The van der Waals surface area contributed by atoms with E-state index in [9.17, 15) is 9.18 Å². The molecule has 1 aliphatic heterocycles. The van der Waals surface area contributed by atoms with E-state index in [4.69, 9.17) is 0 Å². The maximum absolute atomic E-state index is 12.9. The Balaban J connectivity index is 1.82. The van der Waals surface area contributed by atoms with Gasteiger partial charge in [0, 0.05) is 38.3 Å². The molecule has 0 spiro atoms. The molecule has 0 saturated carbocycles. The second-order valence-corrected chi connectivity index (χ2v) is 6.40. The largest absolute Gasteiger partial charge is 0.353 e. The molecule has 0 aliphatic carbocycles. The lowest BCUT2D eigenvalue weighted by molar-refractivity contribution is -0.123. The van der Waals surface area contributed by atoms with Crippen molar-refractivity contribution in [2.45, 2.75) is 39.4 Å². The Hall–Kier alpha value is -1.46. The average Bonchev–Trinajstić information content (AvgIpc) is 2.43. The van der Waals surface area contributed by atoms with Crippen molar-refractivity contribution in [3.63, 3.8) is 0 Å². The first-order valence-electron chi connectivity index (χ1n) is 7.94. The minimum Gasteiger partial charge on any atom is -0.353 e. The first-order valence-corrected chi connectivity index (χ1v) is 7.94. The fourth-order valence-corrected chi connectivity index (χ4v) is 2.85. The molecular formula is C17H26FN3O. The molecule has 1 aliphatic rings. The first-order chi connectivity index (χ1) is 10.4. The molecule has 0 unspecified atom stereocenters. The van der Waals surface area contributed by atoms with Crippen LogP contribution < -0.4 is 5.32 Å². The van der Waals surface area contributed by atoms with Crippen LogP contribution in [0.15, 0.2) is 24.3 Å². The van der Waals surface area contributed by atoms with Gasteiger partial charge >= 0.3 is 0 Å². The lowest BCUT2D eigenvalue weighted by Gasteiger charge is -2.39. The number of benzene rings is 1. The number of halogens is 1. The van der Waals surface area contributed by atoms with Crippen LogP contribution in [0, 0.1) is 5.82 Å². The molecule has 1 atom stereocenters. The fourth-order valence-electron chi connectivity index (χ4n) is 2.85. The minimum absolute atomic E-state index is 0.0915. The monoisotopic (exact) mass is 307 g/mol. The summed E-state index contributed by atoms with van der Waals surface area (Å²) in [6, 6.07) is 7.20. The minimum atomic E-state index is -0.196. The molecule has 1 N–H and O–H groups in total. The van der Waals surface area contributed by atoms with Crippen LogP contribution in [0.2, 0.25) is 0 Å². The second-order valence-electron chi connectivity index (χ2n) is 6.40. The SMILES string of the molecule is CC(C)NC(=O)CN1CCN(Cc2ccc(F)cc2)C[C@H]1C. The number of carbonyl (C=O) groups excluding carboxylic acids is 1. The van der Waals surface area contributed by atoms with Crippen molar-refractivity contribution < 1.29 is 9.18 Å². The summed E-state index contributed by atoms with van der Waals surface area (Å²) < 4.78 is 12.9. The Bertz CT molecular complexity index is 489. The molecule has 1 saturated heterocycles. The van der Waals surface area contributed by atoms with Gasteiger partial charge in [0.1, 0.15) is 5.82 Å². The molecule has 0 radical (unpaired) electrons. The van der Waals surface area contributed by atoms with Crippen molar-refractivity contribution in [2.24, 2.45) is 0 Å². The molecule has 0 bridgehead atoms. The number of hydrogen-bond donors (Lipinski definition) is 1. The summed E-state index contributed by atoms with van der Waals surface area (Å²) in [7, 11) is 0. The highest BCUT2D eigenvalue weighted by Gasteiger charge is 2.25.